The van der Waals surface area contributed by atoms with Gasteiger partial charge in [0.2, 0.25) is 15.2 Å². The average molecular weight is 264 g/mol. The van der Waals surface area contributed by atoms with Crippen LogP contribution in [0.3, 0.4) is 0 Å². The Labute approximate surface area is 117 Å². The Morgan fingerprint density at radius 2 is 1.61 bits per heavy atom. The second-order valence-corrected chi connectivity index (χ2v) is 6.27. The Bertz CT molecular complexity index is 295. The lowest BCUT2D eigenvalue weighted by Gasteiger charge is -1.99. The van der Waals surface area contributed by atoms with Crippen LogP contribution in [0.2, 0.25) is 10.6 Å². The topological polar surface area (TPSA) is 26.3 Å². The van der Waals surface area contributed by atoms with Gasteiger partial charge in [-0.2, -0.15) is 0 Å². The summed E-state index contributed by atoms with van der Waals surface area (Å²) in [5.41, 5.74) is 0.606. The van der Waals surface area contributed by atoms with Gasteiger partial charge in [-0.05, 0) is 19.1 Å². The van der Waals surface area contributed by atoms with E-state index in [1.54, 1.807) is 29.6 Å². The maximum Gasteiger partial charge on any atom is 0.338 e. The van der Waals surface area contributed by atoms with E-state index in [0.717, 1.165) is 0 Å². The van der Waals surface area contributed by atoms with Gasteiger partial charge in [0.1, 0.15) is 0 Å². The van der Waals surface area contributed by atoms with Crippen LogP contribution in [0.15, 0.2) is 30.3 Å². The van der Waals surface area contributed by atoms with E-state index in [1.165, 1.54) is 12.8 Å². The van der Waals surface area contributed by atoms with Gasteiger partial charge in [0.05, 0.1) is 12.2 Å². The lowest BCUT2D eigenvalue weighted by atomic mass is 10.2. The molecule has 1 aromatic carbocycles. The molecular weight excluding hydrogens is 239 g/mol. The van der Waals surface area contributed by atoms with E-state index in [-0.39, 0.29) is 5.97 Å². The molecule has 0 amide bonds. The molecule has 1 aromatic rings. The molecular formula is C15H25AlO2. The Hall–Kier alpha value is -0.778. The fraction of sp³-hybridized carbons (Fsp3) is 0.533. The number of ether oxygens (including phenoxy) is 1. The van der Waals surface area contributed by atoms with Crippen molar-refractivity contribution < 1.29 is 9.53 Å². The minimum absolute atomic E-state index is 0.256. The molecule has 0 unspecified atom stereocenters. The molecule has 0 fully saturated rings. The molecule has 0 saturated heterocycles. The van der Waals surface area contributed by atoms with Crippen LogP contribution in [-0.4, -0.2) is 27.8 Å². The van der Waals surface area contributed by atoms with E-state index < -0.39 is 0 Å². The van der Waals surface area contributed by atoms with Crippen molar-refractivity contribution in [2.45, 2.75) is 44.2 Å². The molecule has 0 saturated carbocycles. The Kier molecular flexibility index (Phi) is 12.1. The van der Waals surface area contributed by atoms with E-state index in [0.29, 0.717) is 27.4 Å². The summed E-state index contributed by atoms with van der Waals surface area (Å²) in [6.45, 7) is 6.78. The number of carbonyl (C=O) groups excluding carboxylic acids is 1. The number of benzene rings is 1. The SMILES string of the molecule is CCOC(=O)c1ccccc1.CC[CH2][AlH][CH2]CC. The second-order valence-electron chi connectivity index (χ2n) is 4.15. The summed E-state index contributed by atoms with van der Waals surface area (Å²) in [5.74, 6) is -0.256. The zero-order valence-corrected chi connectivity index (χ0v) is 13.4. The molecule has 3 heteroatoms. The Morgan fingerprint density at radius 3 is 2.06 bits per heavy atom. The van der Waals surface area contributed by atoms with Gasteiger partial charge >= 0.3 is 5.97 Å². The largest absolute Gasteiger partial charge is 0.462 e. The summed E-state index contributed by atoms with van der Waals surface area (Å²) in [7, 11) is 0. The van der Waals surface area contributed by atoms with Gasteiger partial charge in [0, 0.05) is 0 Å². The number of hydrogen-bond donors (Lipinski definition) is 0. The zero-order valence-electron chi connectivity index (χ0n) is 11.9. The van der Waals surface area contributed by atoms with Gasteiger partial charge in [0.25, 0.3) is 0 Å². The monoisotopic (exact) mass is 264 g/mol. The van der Waals surface area contributed by atoms with Gasteiger partial charge in [-0.25, -0.2) is 4.79 Å². The van der Waals surface area contributed by atoms with Crippen LogP contribution in [0, 0.1) is 0 Å². The Balaban J connectivity index is 0.000000360. The highest BCUT2D eigenvalue weighted by molar-refractivity contribution is 6.35. The first-order valence-electron chi connectivity index (χ1n) is 6.98. The highest BCUT2D eigenvalue weighted by Crippen LogP contribution is 1.99. The fourth-order valence-corrected chi connectivity index (χ4v) is 2.82. The van der Waals surface area contributed by atoms with Crippen molar-refractivity contribution in [2.24, 2.45) is 0 Å². The Morgan fingerprint density at radius 1 is 1.06 bits per heavy atom. The molecule has 0 aliphatic rings. The standard InChI is InChI=1S/C9H10O2.2C3H7.Al.H/c1-2-11-9(10)8-6-4-3-5-7-8;2*1-3-2;;/h3-7H,2H2,1H3;2*1,3H2,2H3;;. The van der Waals surface area contributed by atoms with E-state index in [9.17, 15) is 4.79 Å². The van der Waals surface area contributed by atoms with Gasteiger partial charge in [0.15, 0.2) is 0 Å². The molecule has 0 atom stereocenters. The van der Waals surface area contributed by atoms with E-state index >= 15 is 0 Å². The summed E-state index contributed by atoms with van der Waals surface area (Å²) in [5, 5.41) is 3.13. The lowest BCUT2D eigenvalue weighted by molar-refractivity contribution is 0.0526. The first kappa shape index (κ1) is 17.2. The van der Waals surface area contributed by atoms with Crippen molar-refractivity contribution >= 4 is 21.2 Å². The summed E-state index contributed by atoms with van der Waals surface area (Å²) >= 11 is 0.411. The van der Waals surface area contributed by atoms with Crippen molar-refractivity contribution in [2.75, 3.05) is 6.61 Å². The third-order valence-electron chi connectivity index (χ3n) is 2.49. The van der Waals surface area contributed by atoms with E-state index in [4.69, 9.17) is 4.74 Å². The first-order chi connectivity index (χ1) is 8.76. The minimum Gasteiger partial charge on any atom is -0.462 e. The molecule has 0 N–H and O–H groups in total. The van der Waals surface area contributed by atoms with Crippen LogP contribution in [0.1, 0.15) is 44.0 Å². The average Bonchev–Trinajstić information content (AvgIpc) is 2.41. The molecule has 0 radical (unpaired) electrons. The summed E-state index contributed by atoms with van der Waals surface area (Å²) < 4.78 is 4.79. The predicted octanol–water partition coefficient (Wildman–Crippen LogP) is 3.94. The molecule has 0 bridgehead atoms. The van der Waals surface area contributed by atoms with Gasteiger partial charge < -0.3 is 4.74 Å². The third-order valence-corrected chi connectivity index (χ3v) is 4.91. The number of hydrogen-bond acceptors (Lipinski definition) is 2. The van der Waals surface area contributed by atoms with Crippen LogP contribution in [-0.2, 0) is 4.74 Å². The molecule has 100 valence electrons. The maximum absolute atomic E-state index is 11.0. The first-order valence-corrected chi connectivity index (χ1v) is 8.98. The van der Waals surface area contributed by atoms with Crippen molar-refractivity contribution in [3.05, 3.63) is 35.9 Å². The normalized spacial score (nSPS) is 9.06. The smallest absolute Gasteiger partial charge is 0.338 e. The van der Waals surface area contributed by atoms with Crippen LogP contribution in [0.4, 0.5) is 0 Å². The summed E-state index contributed by atoms with van der Waals surface area (Å²) in [4.78, 5) is 11.0. The van der Waals surface area contributed by atoms with Gasteiger partial charge in [-0.3, -0.25) is 0 Å². The van der Waals surface area contributed by atoms with E-state index in [1.807, 2.05) is 18.2 Å². The molecule has 0 aliphatic carbocycles. The van der Waals surface area contributed by atoms with Crippen LogP contribution < -0.4 is 0 Å². The van der Waals surface area contributed by atoms with Gasteiger partial charge in [-0.15, -0.1) is 0 Å². The molecule has 0 aromatic heterocycles. The lowest BCUT2D eigenvalue weighted by Crippen LogP contribution is -2.03. The molecule has 2 nitrogen and oxygen atoms in total. The fourth-order valence-electron chi connectivity index (χ4n) is 1.47. The van der Waals surface area contributed by atoms with Crippen LogP contribution >= 0.6 is 0 Å². The van der Waals surface area contributed by atoms with Crippen molar-refractivity contribution in [3.8, 4) is 0 Å². The number of rotatable bonds is 6. The molecule has 1 rings (SSSR count). The van der Waals surface area contributed by atoms with Crippen LogP contribution in [0.5, 0.6) is 0 Å². The summed E-state index contributed by atoms with van der Waals surface area (Å²) in [6.07, 6.45) is 2.85. The summed E-state index contributed by atoms with van der Waals surface area (Å²) in [6, 6.07) is 8.96. The second kappa shape index (κ2) is 12.7. The van der Waals surface area contributed by atoms with Crippen LogP contribution in [0.25, 0.3) is 0 Å². The molecule has 0 aliphatic heterocycles. The number of esters is 1. The molecule has 0 spiro atoms. The zero-order chi connectivity index (χ0) is 13.6. The predicted molar refractivity (Wildman–Crippen MR) is 79.7 cm³/mol. The van der Waals surface area contributed by atoms with Gasteiger partial charge in [-0.1, -0.05) is 55.5 Å². The highest BCUT2D eigenvalue weighted by Gasteiger charge is 2.02. The van der Waals surface area contributed by atoms with Crippen molar-refractivity contribution in [1.82, 2.24) is 0 Å². The van der Waals surface area contributed by atoms with E-state index in [2.05, 4.69) is 13.8 Å². The molecule has 0 heterocycles. The number of carbonyl (C=O) groups is 1. The van der Waals surface area contributed by atoms with Crippen molar-refractivity contribution in [3.63, 3.8) is 0 Å². The molecule has 18 heavy (non-hydrogen) atoms. The third kappa shape index (κ3) is 9.27. The highest BCUT2D eigenvalue weighted by atomic mass is 27.1. The van der Waals surface area contributed by atoms with Crippen molar-refractivity contribution in [1.29, 1.82) is 0 Å². The minimum atomic E-state index is -0.256. The quantitative estimate of drug-likeness (QED) is 0.442. The maximum atomic E-state index is 11.0.